The molecule has 0 bridgehead atoms. The third-order valence-electron chi connectivity index (χ3n) is 3.73. The number of nitrogens with zero attached hydrogens (tertiary/aromatic N) is 2. The summed E-state index contributed by atoms with van der Waals surface area (Å²) < 4.78 is 0. The summed E-state index contributed by atoms with van der Waals surface area (Å²) in [6, 6.07) is 21.9. The molecule has 5 heteroatoms. The van der Waals surface area contributed by atoms with E-state index in [1.54, 1.807) is 6.20 Å². The zero-order valence-corrected chi connectivity index (χ0v) is 15.3. The van der Waals surface area contributed by atoms with Crippen LogP contribution in [-0.2, 0) is 17.9 Å². The highest BCUT2D eigenvalue weighted by Crippen LogP contribution is 2.12. The van der Waals surface area contributed by atoms with Crippen molar-refractivity contribution in [1.29, 1.82) is 5.26 Å². The topological polar surface area (TPSA) is 56.1 Å². The number of carbonyl (C=O) groups excluding carboxylic acids is 1. The quantitative estimate of drug-likeness (QED) is 0.317. The normalized spacial score (nSPS) is 10.8. The fraction of sp³-hybridized carbons (Fsp3) is 0.238. The Kier molecular flexibility index (Phi) is 8.25. The summed E-state index contributed by atoms with van der Waals surface area (Å²) in [4.78, 5) is 14.2. The highest BCUT2D eigenvalue weighted by atomic mass is 35.5. The molecule has 0 atom stereocenters. The largest absolute Gasteiger partial charge is 0.367 e. The molecule has 2 aromatic rings. The van der Waals surface area contributed by atoms with Gasteiger partial charge >= 0.3 is 0 Å². The molecule has 0 saturated carbocycles. The number of hydrogen-bond donors (Lipinski definition) is 1. The number of amides is 1. The van der Waals surface area contributed by atoms with Crippen LogP contribution in [0.1, 0.15) is 17.5 Å². The first-order chi connectivity index (χ1) is 12.7. The number of benzene rings is 2. The van der Waals surface area contributed by atoms with Crippen LogP contribution in [0.25, 0.3) is 0 Å². The Hall–Kier alpha value is -2.77. The molecule has 0 unspecified atom stereocenters. The Morgan fingerprint density at radius 2 is 1.58 bits per heavy atom. The molecule has 4 nitrogen and oxygen atoms in total. The molecule has 0 aliphatic carbocycles. The molecule has 0 spiro atoms. The monoisotopic (exact) mass is 367 g/mol. The third-order valence-corrected chi connectivity index (χ3v) is 4.00. The van der Waals surface area contributed by atoms with Crippen molar-refractivity contribution in [1.82, 2.24) is 10.2 Å². The van der Waals surface area contributed by atoms with E-state index in [1.807, 2.05) is 71.6 Å². The van der Waals surface area contributed by atoms with E-state index in [-0.39, 0.29) is 11.5 Å². The van der Waals surface area contributed by atoms with Gasteiger partial charge in [-0.25, -0.2) is 0 Å². The van der Waals surface area contributed by atoms with Crippen LogP contribution in [0.4, 0.5) is 0 Å². The van der Waals surface area contributed by atoms with Gasteiger partial charge in [-0.05, 0) is 17.5 Å². The summed E-state index contributed by atoms with van der Waals surface area (Å²) in [6.07, 6.45) is 2.31. The smallest absolute Gasteiger partial charge is 0.263 e. The van der Waals surface area contributed by atoms with E-state index in [2.05, 4.69) is 5.32 Å². The van der Waals surface area contributed by atoms with Crippen molar-refractivity contribution < 1.29 is 4.79 Å². The van der Waals surface area contributed by atoms with Crippen LogP contribution in [0.2, 0.25) is 0 Å². The van der Waals surface area contributed by atoms with Crippen molar-refractivity contribution in [3.8, 4) is 6.07 Å². The summed E-state index contributed by atoms with van der Waals surface area (Å²) in [7, 11) is 0. The average molecular weight is 368 g/mol. The minimum atomic E-state index is -0.372. The highest BCUT2D eigenvalue weighted by Gasteiger charge is 2.12. The molecule has 1 amide bonds. The Morgan fingerprint density at radius 3 is 2.04 bits per heavy atom. The van der Waals surface area contributed by atoms with E-state index in [4.69, 9.17) is 11.6 Å². The summed E-state index contributed by atoms with van der Waals surface area (Å²) >= 11 is 5.62. The van der Waals surface area contributed by atoms with Gasteiger partial charge in [0.05, 0.1) is 0 Å². The van der Waals surface area contributed by atoms with Gasteiger partial charge in [-0.15, -0.1) is 11.6 Å². The predicted octanol–water partition coefficient (Wildman–Crippen LogP) is 3.84. The van der Waals surface area contributed by atoms with Gasteiger partial charge in [-0.1, -0.05) is 60.7 Å². The van der Waals surface area contributed by atoms with Crippen LogP contribution in [0, 0.1) is 11.3 Å². The van der Waals surface area contributed by atoms with E-state index < -0.39 is 0 Å². The van der Waals surface area contributed by atoms with Gasteiger partial charge in [0.15, 0.2) is 0 Å². The molecule has 2 aromatic carbocycles. The summed E-state index contributed by atoms with van der Waals surface area (Å²) in [5, 5.41) is 12.1. The third kappa shape index (κ3) is 6.62. The fourth-order valence-corrected chi connectivity index (χ4v) is 2.60. The molecule has 0 fully saturated rings. The summed E-state index contributed by atoms with van der Waals surface area (Å²) in [5.41, 5.74) is 2.31. The van der Waals surface area contributed by atoms with Crippen LogP contribution < -0.4 is 5.32 Å². The average Bonchev–Trinajstić information content (AvgIpc) is 2.67. The van der Waals surface area contributed by atoms with Crippen molar-refractivity contribution in [3.05, 3.63) is 83.6 Å². The van der Waals surface area contributed by atoms with E-state index in [1.165, 1.54) is 0 Å². The van der Waals surface area contributed by atoms with E-state index in [0.29, 0.717) is 31.9 Å². The maximum absolute atomic E-state index is 12.2. The Balaban J connectivity index is 2.17. The second-order valence-electron chi connectivity index (χ2n) is 5.83. The van der Waals surface area contributed by atoms with Gasteiger partial charge in [-0.2, -0.15) is 5.26 Å². The second kappa shape index (κ2) is 11.0. The van der Waals surface area contributed by atoms with Gasteiger partial charge in [-0.3, -0.25) is 4.79 Å². The molecular formula is C21H22ClN3O. The maximum atomic E-state index is 12.2. The van der Waals surface area contributed by atoms with Crippen LogP contribution in [0.3, 0.4) is 0 Å². The summed E-state index contributed by atoms with van der Waals surface area (Å²) in [6.45, 7) is 1.67. The lowest BCUT2D eigenvalue weighted by Crippen LogP contribution is -2.27. The zero-order chi connectivity index (χ0) is 18.6. The molecule has 1 N–H and O–H groups in total. The molecule has 0 aliphatic heterocycles. The number of alkyl halides is 1. The highest BCUT2D eigenvalue weighted by molar-refractivity contribution is 6.17. The second-order valence-corrected chi connectivity index (χ2v) is 6.21. The number of hydrogen-bond acceptors (Lipinski definition) is 3. The minimum absolute atomic E-state index is 0.0893. The molecule has 134 valence electrons. The number of rotatable bonds is 9. The van der Waals surface area contributed by atoms with Crippen molar-refractivity contribution >= 4 is 17.5 Å². The van der Waals surface area contributed by atoms with Crippen molar-refractivity contribution in [2.75, 3.05) is 12.4 Å². The van der Waals surface area contributed by atoms with Crippen LogP contribution in [0.5, 0.6) is 0 Å². The lowest BCUT2D eigenvalue weighted by atomic mass is 10.1. The van der Waals surface area contributed by atoms with Crippen molar-refractivity contribution in [2.45, 2.75) is 19.5 Å². The fourth-order valence-electron chi connectivity index (χ4n) is 2.47. The van der Waals surface area contributed by atoms with Gasteiger partial charge in [0.2, 0.25) is 0 Å². The lowest BCUT2D eigenvalue weighted by Gasteiger charge is -2.21. The zero-order valence-electron chi connectivity index (χ0n) is 14.6. The molecule has 0 heterocycles. The first-order valence-electron chi connectivity index (χ1n) is 8.51. The Morgan fingerprint density at radius 1 is 1.04 bits per heavy atom. The van der Waals surface area contributed by atoms with Gasteiger partial charge in [0.1, 0.15) is 11.6 Å². The van der Waals surface area contributed by atoms with E-state index in [0.717, 1.165) is 11.1 Å². The Bertz CT molecular complexity index is 712. The molecule has 0 radical (unpaired) electrons. The van der Waals surface area contributed by atoms with Crippen LogP contribution in [0.15, 0.2) is 72.4 Å². The van der Waals surface area contributed by atoms with Gasteiger partial charge in [0, 0.05) is 31.7 Å². The van der Waals surface area contributed by atoms with E-state index >= 15 is 0 Å². The molecule has 2 rings (SSSR count). The SMILES string of the molecule is N#C/C(=C/N(Cc1ccccc1)Cc1ccccc1)C(=O)NCCCCl. The first kappa shape index (κ1) is 19.6. The summed E-state index contributed by atoms with van der Waals surface area (Å²) in [5.74, 6) is 0.101. The van der Waals surface area contributed by atoms with Crippen LogP contribution >= 0.6 is 11.6 Å². The van der Waals surface area contributed by atoms with E-state index in [9.17, 15) is 10.1 Å². The number of nitriles is 1. The Labute approximate surface area is 159 Å². The maximum Gasteiger partial charge on any atom is 0.263 e. The molecule has 0 aromatic heterocycles. The predicted molar refractivity (Wildman–Crippen MR) is 104 cm³/mol. The van der Waals surface area contributed by atoms with Crippen molar-refractivity contribution in [3.63, 3.8) is 0 Å². The number of halogens is 1. The van der Waals surface area contributed by atoms with Gasteiger partial charge < -0.3 is 10.2 Å². The standard InChI is InChI=1S/C21H22ClN3O/c22-12-7-13-24-21(26)20(14-23)17-25(15-18-8-3-1-4-9-18)16-19-10-5-2-6-11-19/h1-6,8-11,17H,7,12-13,15-16H2,(H,24,26)/b20-17-. The molecule has 26 heavy (non-hydrogen) atoms. The first-order valence-corrected chi connectivity index (χ1v) is 9.04. The number of nitrogens with one attached hydrogen (secondary N) is 1. The number of carbonyl (C=O) groups is 1. The lowest BCUT2D eigenvalue weighted by molar-refractivity contribution is -0.117. The molecule has 0 saturated heterocycles. The molecule has 0 aliphatic rings. The van der Waals surface area contributed by atoms with Crippen molar-refractivity contribution in [2.24, 2.45) is 0 Å². The van der Waals surface area contributed by atoms with Gasteiger partial charge in [0.25, 0.3) is 5.91 Å². The molecular weight excluding hydrogens is 346 g/mol. The van der Waals surface area contributed by atoms with Crippen LogP contribution in [-0.4, -0.2) is 23.2 Å². The minimum Gasteiger partial charge on any atom is -0.367 e.